The SMILES string of the molecule is CCC(=O)c1sc(NCc2ccc(F)c(Cl)c2)cc1N. The van der Waals surface area contributed by atoms with Crippen molar-refractivity contribution in [1.82, 2.24) is 0 Å². The van der Waals surface area contributed by atoms with Crippen LogP contribution in [0, 0.1) is 5.82 Å². The van der Waals surface area contributed by atoms with Crippen molar-refractivity contribution < 1.29 is 9.18 Å². The first-order valence-corrected chi connectivity index (χ1v) is 7.31. The lowest BCUT2D eigenvalue weighted by molar-refractivity contribution is 0.0993. The summed E-state index contributed by atoms with van der Waals surface area (Å²) in [7, 11) is 0. The van der Waals surface area contributed by atoms with Crippen LogP contribution in [0.2, 0.25) is 5.02 Å². The Bertz CT molecular complexity index is 642. The number of nitrogen functional groups attached to an aromatic ring is 1. The highest BCUT2D eigenvalue weighted by Gasteiger charge is 2.12. The first-order valence-electron chi connectivity index (χ1n) is 6.11. The van der Waals surface area contributed by atoms with E-state index in [9.17, 15) is 9.18 Å². The van der Waals surface area contributed by atoms with Gasteiger partial charge in [-0.2, -0.15) is 0 Å². The average Bonchev–Trinajstić information content (AvgIpc) is 2.80. The van der Waals surface area contributed by atoms with Gasteiger partial charge in [-0.3, -0.25) is 4.79 Å². The van der Waals surface area contributed by atoms with Crippen molar-refractivity contribution in [3.63, 3.8) is 0 Å². The van der Waals surface area contributed by atoms with E-state index in [4.69, 9.17) is 17.3 Å². The van der Waals surface area contributed by atoms with E-state index in [0.29, 0.717) is 23.5 Å². The van der Waals surface area contributed by atoms with Crippen LogP contribution in [0.25, 0.3) is 0 Å². The van der Waals surface area contributed by atoms with Crippen LogP contribution in [0.1, 0.15) is 28.6 Å². The van der Waals surface area contributed by atoms with Gasteiger partial charge in [0.25, 0.3) is 0 Å². The molecule has 1 aromatic carbocycles. The number of nitrogens with one attached hydrogen (secondary N) is 1. The molecule has 6 heteroatoms. The molecule has 0 saturated heterocycles. The molecule has 2 rings (SSSR count). The van der Waals surface area contributed by atoms with Crippen molar-refractivity contribution in [3.05, 3.63) is 45.5 Å². The quantitative estimate of drug-likeness (QED) is 0.808. The number of halogens is 2. The fourth-order valence-corrected chi connectivity index (χ4v) is 2.90. The van der Waals surface area contributed by atoms with Gasteiger partial charge < -0.3 is 11.1 Å². The number of Topliss-reactive ketones (excluding diaryl/α,β-unsaturated/α-hetero) is 1. The summed E-state index contributed by atoms with van der Waals surface area (Å²) in [4.78, 5) is 12.2. The number of benzene rings is 1. The fraction of sp³-hybridized carbons (Fsp3) is 0.214. The molecular formula is C14H14ClFN2OS. The standard InChI is InChI=1S/C14H14ClFN2OS/c1-2-12(19)14-11(17)6-13(20-14)18-7-8-3-4-10(16)9(15)5-8/h3-6,18H,2,7,17H2,1H3. The first kappa shape index (κ1) is 14.8. The van der Waals surface area contributed by atoms with E-state index in [-0.39, 0.29) is 10.8 Å². The lowest BCUT2D eigenvalue weighted by atomic mass is 10.2. The third-order valence-corrected chi connectivity index (χ3v) is 4.23. The second-order valence-electron chi connectivity index (χ2n) is 4.27. The van der Waals surface area contributed by atoms with Crippen molar-refractivity contribution in [2.75, 3.05) is 11.1 Å². The van der Waals surface area contributed by atoms with Gasteiger partial charge in [-0.15, -0.1) is 11.3 Å². The van der Waals surface area contributed by atoms with Crippen molar-refractivity contribution in [3.8, 4) is 0 Å². The van der Waals surface area contributed by atoms with Crippen LogP contribution in [0.15, 0.2) is 24.3 Å². The van der Waals surface area contributed by atoms with Gasteiger partial charge in [0, 0.05) is 13.0 Å². The van der Waals surface area contributed by atoms with Gasteiger partial charge in [0.1, 0.15) is 5.82 Å². The maximum atomic E-state index is 13.0. The molecule has 0 spiro atoms. The predicted molar refractivity (Wildman–Crippen MR) is 82.1 cm³/mol. The Kier molecular flexibility index (Phi) is 4.62. The van der Waals surface area contributed by atoms with E-state index < -0.39 is 5.82 Å². The minimum absolute atomic E-state index is 0.0328. The van der Waals surface area contributed by atoms with E-state index in [1.165, 1.54) is 17.4 Å². The molecular weight excluding hydrogens is 299 g/mol. The average molecular weight is 313 g/mol. The number of hydrogen-bond donors (Lipinski definition) is 2. The molecule has 0 atom stereocenters. The van der Waals surface area contributed by atoms with E-state index >= 15 is 0 Å². The molecule has 0 aliphatic heterocycles. The largest absolute Gasteiger partial charge is 0.397 e. The van der Waals surface area contributed by atoms with E-state index in [0.717, 1.165) is 10.6 Å². The van der Waals surface area contributed by atoms with Gasteiger partial charge in [0.15, 0.2) is 5.78 Å². The summed E-state index contributed by atoms with van der Waals surface area (Å²) in [5, 5.41) is 4.05. The Morgan fingerprint density at radius 3 is 2.85 bits per heavy atom. The molecule has 0 bridgehead atoms. The molecule has 0 aliphatic rings. The van der Waals surface area contributed by atoms with Crippen molar-refractivity contribution in [2.24, 2.45) is 0 Å². The van der Waals surface area contributed by atoms with Crippen LogP contribution < -0.4 is 11.1 Å². The summed E-state index contributed by atoms with van der Waals surface area (Å²) >= 11 is 7.05. The van der Waals surface area contributed by atoms with Crippen molar-refractivity contribution in [1.29, 1.82) is 0 Å². The minimum Gasteiger partial charge on any atom is -0.397 e. The molecule has 1 heterocycles. The Morgan fingerprint density at radius 2 is 2.20 bits per heavy atom. The summed E-state index contributed by atoms with van der Waals surface area (Å²) in [6.07, 6.45) is 0.428. The van der Waals surface area contributed by atoms with Crippen LogP contribution in [-0.2, 0) is 6.54 Å². The highest BCUT2D eigenvalue weighted by Crippen LogP contribution is 2.30. The second-order valence-corrected chi connectivity index (χ2v) is 5.73. The Morgan fingerprint density at radius 1 is 1.45 bits per heavy atom. The summed E-state index contributed by atoms with van der Waals surface area (Å²) in [5.41, 5.74) is 7.15. The maximum absolute atomic E-state index is 13.0. The van der Waals surface area contributed by atoms with Crippen LogP contribution in [0.4, 0.5) is 15.1 Å². The van der Waals surface area contributed by atoms with Gasteiger partial charge in [0.2, 0.25) is 0 Å². The van der Waals surface area contributed by atoms with E-state index in [2.05, 4.69) is 5.32 Å². The molecule has 0 amide bonds. The molecule has 0 fully saturated rings. The molecule has 0 radical (unpaired) electrons. The lowest BCUT2D eigenvalue weighted by Crippen LogP contribution is -1.97. The zero-order chi connectivity index (χ0) is 14.7. The number of carbonyl (C=O) groups is 1. The Hall–Kier alpha value is -1.59. The van der Waals surface area contributed by atoms with Gasteiger partial charge >= 0.3 is 0 Å². The molecule has 0 saturated carbocycles. The number of nitrogens with two attached hydrogens (primary N) is 1. The number of ketones is 1. The molecule has 20 heavy (non-hydrogen) atoms. The van der Waals surface area contributed by atoms with Crippen LogP contribution in [-0.4, -0.2) is 5.78 Å². The molecule has 1 aromatic heterocycles. The first-order chi connectivity index (χ1) is 9.51. The number of thiophene rings is 1. The zero-order valence-electron chi connectivity index (χ0n) is 10.9. The zero-order valence-corrected chi connectivity index (χ0v) is 12.4. The normalized spacial score (nSPS) is 10.6. The minimum atomic E-state index is -0.438. The topological polar surface area (TPSA) is 55.1 Å². The molecule has 3 nitrogen and oxygen atoms in total. The summed E-state index contributed by atoms with van der Waals surface area (Å²) < 4.78 is 13.0. The monoisotopic (exact) mass is 312 g/mol. The molecule has 106 valence electrons. The predicted octanol–water partition coefficient (Wildman–Crippen LogP) is 4.33. The third kappa shape index (κ3) is 3.29. The van der Waals surface area contributed by atoms with Gasteiger partial charge in [-0.1, -0.05) is 24.6 Å². The molecule has 3 N–H and O–H groups in total. The van der Waals surface area contributed by atoms with E-state index in [1.54, 1.807) is 25.1 Å². The fourth-order valence-electron chi connectivity index (χ4n) is 1.71. The van der Waals surface area contributed by atoms with Crippen LogP contribution in [0.3, 0.4) is 0 Å². The third-order valence-electron chi connectivity index (χ3n) is 2.79. The summed E-state index contributed by atoms with van der Waals surface area (Å²) in [6, 6.07) is 6.29. The summed E-state index contributed by atoms with van der Waals surface area (Å²) in [6.45, 7) is 2.29. The summed E-state index contributed by atoms with van der Waals surface area (Å²) in [5.74, 6) is -0.406. The van der Waals surface area contributed by atoms with E-state index in [1.807, 2.05) is 0 Å². The lowest BCUT2D eigenvalue weighted by Gasteiger charge is -2.04. The molecule has 0 unspecified atom stereocenters. The van der Waals surface area contributed by atoms with Gasteiger partial charge in [0.05, 0.1) is 20.6 Å². The highest BCUT2D eigenvalue weighted by molar-refractivity contribution is 7.18. The van der Waals surface area contributed by atoms with Crippen molar-refractivity contribution in [2.45, 2.75) is 19.9 Å². The van der Waals surface area contributed by atoms with Crippen molar-refractivity contribution >= 4 is 39.4 Å². The Labute approximate surface area is 125 Å². The van der Waals surface area contributed by atoms with Crippen LogP contribution in [0.5, 0.6) is 0 Å². The Balaban J connectivity index is 2.07. The number of hydrogen-bond acceptors (Lipinski definition) is 4. The number of anilines is 2. The van der Waals surface area contributed by atoms with Crippen LogP contribution >= 0.6 is 22.9 Å². The second kappa shape index (κ2) is 6.24. The molecule has 0 aliphatic carbocycles. The number of rotatable bonds is 5. The highest BCUT2D eigenvalue weighted by atomic mass is 35.5. The molecule has 2 aromatic rings. The van der Waals surface area contributed by atoms with Gasteiger partial charge in [-0.05, 0) is 23.8 Å². The smallest absolute Gasteiger partial charge is 0.174 e. The number of carbonyl (C=O) groups excluding carboxylic acids is 1. The maximum Gasteiger partial charge on any atom is 0.174 e. The van der Waals surface area contributed by atoms with Gasteiger partial charge in [-0.25, -0.2) is 4.39 Å².